The van der Waals surface area contributed by atoms with Gasteiger partial charge >= 0.3 is 0 Å². The van der Waals surface area contributed by atoms with Gasteiger partial charge in [0.1, 0.15) is 12.1 Å². The summed E-state index contributed by atoms with van der Waals surface area (Å²) in [6, 6.07) is 0.970. The van der Waals surface area contributed by atoms with Crippen LogP contribution < -0.4 is 10.1 Å². The summed E-state index contributed by atoms with van der Waals surface area (Å²) in [5.74, 6) is 1.04. The quantitative estimate of drug-likeness (QED) is 0.811. The Hall–Kier alpha value is -1.89. The zero-order valence-corrected chi connectivity index (χ0v) is 13.3. The largest absolute Gasteiger partial charge is 0.475 e. The van der Waals surface area contributed by atoms with Crippen molar-refractivity contribution in [2.75, 3.05) is 25.5 Å². The molecule has 21 heavy (non-hydrogen) atoms. The number of aromatic nitrogens is 4. The van der Waals surface area contributed by atoms with E-state index in [1.165, 1.54) is 0 Å². The molecule has 0 radical (unpaired) electrons. The maximum Gasteiger partial charge on any atom is 0.245 e. The summed E-state index contributed by atoms with van der Waals surface area (Å²) in [7, 11) is 1.77. The SMILES string of the molecule is CNc1nc(OCCN(C(C)C)C(C)C)c2[nH]cnc2n1. The fourth-order valence-electron chi connectivity index (χ4n) is 2.38. The van der Waals surface area contributed by atoms with Crippen LogP contribution in [0, 0.1) is 0 Å². The number of anilines is 1. The Morgan fingerprint density at radius 3 is 2.57 bits per heavy atom. The van der Waals surface area contributed by atoms with Gasteiger partial charge in [-0.05, 0) is 27.7 Å². The molecular formula is C14H24N6O. The molecule has 7 heteroatoms. The summed E-state index contributed by atoms with van der Waals surface area (Å²) in [4.78, 5) is 18.2. The predicted octanol–water partition coefficient (Wildman–Crippen LogP) is 1.89. The standard InChI is InChI=1S/C14H24N6O/c1-9(2)20(10(3)4)6-7-21-13-11-12(17-8-16-11)18-14(15-5)19-13/h8-10H,6-7H2,1-5H3,(H2,15,16,17,18,19). The smallest absolute Gasteiger partial charge is 0.245 e. The lowest BCUT2D eigenvalue weighted by Gasteiger charge is -2.30. The third-order valence-corrected chi connectivity index (χ3v) is 3.39. The van der Waals surface area contributed by atoms with Crippen molar-refractivity contribution in [1.82, 2.24) is 24.8 Å². The van der Waals surface area contributed by atoms with Crippen molar-refractivity contribution in [1.29, 1.82) is 0 Å². The first-order valence-electron chi connectivity index (χ1n) is 7.30. The molecule has 0 saturated carbocycles. The minimum absolute atomic E-state index is 0.485. The van der Waals surface area contributed by atoms with Gasteiger partial charge in [0.05, 0.1) is 6.33 Å². The van der Waals surface area contributed by atoms with E-state index in [2.05, 4.69) is 57.8 Å². The van der Waals surface area contributed by atoms with Crippen LogP contribution in [0.1, 0.15) is 27.7 Å². The Labute approximate surface area is 125 Å². The van der Waals surface area contributed by atoms with Crippen LogP contribution >= 0.6 is 0 Å². The van der Waals surface area contributed by atoms with Crippen LogP contribution in [-0.2, 0) is 0 Å². The molecule has 2 aromatic heterocycles. The van der Waals surface area contributed by atoms with Gasteiger partial charge in [-0.1, -0.05) is 0 Å². The second-order valence-corrected chi connectivity index (χ2v) is 5.48. The molecule has 0 saturated heterocycles. The number of ether oxygens (including phenoxy) is 1. The van der Waals surface area contributed by atoms with Crippen molar-refractivity contribution in [3.8, 4) is 5.88 Å². The maximum absolute atomic E-state index is 5.85. The monoisotopic (exact) mass is 292 g/mol. The number of H-pyrrole nitrogens is 1. The van der Waals surface area contributed by atoms with Gasteiger partial charge in [0.25, 0.3) is 0 Å². The molecule has 2 N–H and O–H groups in total. The molecule has 0 unspecified atom stereocenters. The summed E-state index contributed by atoms with van der Waals surface area (Å²) in [5, 5.41) is 2.92. The van der Waals surface area contributed by atoms with E-state index in [4.69, 9.17) is 4.74 Å². The zero-order valence-electron chi connectivity index (χ0n) is 13.3. The highest BCUT2D eigenvalue weighted by Crippen LogP contribution is 2.20. The Bertz CT molecular complexity index is 572. The fourth-order valence-corrected chi connectivity index (χ4v) is 2.38. The second-order valence-electron chi connectivity index (χ2n) is 5.48. The molecule has 0 aliphatic heterocycles. The summed E-state index contributed by atoms with van der Waals surface area (Å²) in [5.41, 5.74) is 1.34. The number of imidazole rings is 1. The minimum atomic E-state index is 0.485. The first-order valence-corrected chi connectivity index (χ1v) is 7.30. The molecule has 2 heterocycles. The predicted molar refractivity (Wildman–Crippen MR) is 83.7 cm³/mol. The fraction of sp³-hybridized carbons (Fsp3) is 0.643. The van der Waals surface area contributed by atoms with Crippen LogP contribution in [0.4, 0.5) is 5.95 Å². The van der Waals surface area contributed by atoms with E-state index >= 15 is 0 Å². The molecule has 0 spiro atoms. The molecule has 116 valence electrons. The van der Waals surface area contributed by atoms with E-state index in [0.717, 1.165) is 12.1 Å². The number of hydrogen-bond acceptors (Lipinski definition) is 6. The molecule has 0 aliphatic rings. The average Bonchev–Trinajstić information content (AvgIpc) is 2.90. The first-order chi connectivity index (χ1) is 10.0. The number of nitrogens with zero attached hydrogens (tertiary/aromatic N) is 4. The van der Waals surface area contributed by atoms with Crippen LogP contribution in [0.3, 0.4) is 0 Å². The van der Waals surface area contributed by atoms with E-state index in [9.17, 15) is 0 Å². The molecule has 0 atom stereocenters. The van der Waals surface area contributed by atoms with Gasteiger partial charge in [-0.15, -0.1) is 0 Å². The Morgan fingerprint density at radius 2 is 1.95 bits per heavy atom. The summed E-state index contributed by atoms with van der Waals surface area (Å²) >= 11 is 0. The van der Waals surface area contributed by atoms with Crippen LogP contribution in [0.15, 0.2) is 6.33 Å². The van der Waals surface area contributed by atoms with Crippen LogP contribution in [0.2, 0.25) is 0 Å². The van der Waals surface area contributed by atoms with E-state index in [1.54, 1.807) is 13.4 Å². The third kappa shape index (κ3) is 3.60. The highest BCUT2D eigenvalue weighted by atomic mass is 16.5. The average molecular weight is 292 g/mol. The normalized spacial score (nSPS) is 11.8. The summed E-state index contributed by atoms with van der Waals surface area (Å²) in [6.07, 6.45) is 1.60. The maximum atomic E-state index is 5.85. The van der Waals surface area contributed by atoms with Crippen LogP contribution in [-0.4, -0.2) is 57.1 Å². The molecule has 7 nitrogen and oxygen atoms in total. The van der Waals surface area contributed by atoms with E-state index in [0.29, 0.717) is 36.2 Å². The number of nitrogens with one attached hydrogen (secondary N) is 2. The van der Waals surface area contributed by atoms with Gasteiger partial charge in [0.2, 0.25) is 11.8 Å². The molecule has 0 fully saturated rings. The van der Waals surface area contributed by atoms with Crippen molar-refractivity contribution in [3.05, 3.63) is 6.33 Å². The van der Waals surface area contributed by atoms with Crippen molar-refractivity contribution in [2.45, 2.75) is 39.8 Å². The molecule has 0 amide bonds. The minimum Gasteiger partial charge on any atom is -0.475 e. The highest BCUT2D eigenvalue weighted by Gasteiger charge is 2.15. The zero-order chi connectivity index (χ0) is 15.4. The number of fused-ring (bicyclic) bond motifs is 1. The molecule has 0 aliphatic carbocycles. The van der Waals surface area contributed by atoms with Crippen molar-refractivity contribution in [2.24, 2.45) is 0 Å². The van der Waals surface area contributed by atoms with Gasteiger partial charge in [0, 0.05) is 25.7 Å². The summed E-state index contributed by atoms with van der Waals surface area (Å²) in [6.45, 7) is 10.2. The van der Waals surface area contributed by atoms with E-state index < -0.39 is 0 Å². The summed E-state index contributed by atoms with van der Waals surface area (Å²) < 4.78 is 5.85. The highest BCUT2D eigenvalue weighted by molar-refractivity contribution is 5.76. The lowest BCUT2D eigenvalue weighted by Crippen LogP contribution is -2.39. The van der Waals surface area contributed by atoms with Crippen LogP contribution in [0.5, 0.6) is 5.88 Å². The Morgan fingerprint density at radius 1 is 1.24 bits per heavy atom. The van der Waals surface area contributed by atoms with Gasteiger partial charge in [-0.25, -0.2) is 4.98 Å². The Kier molecular flexibility index (Phi) is 4.95. The van der Waals surface area contributed by atoms with Gasteiger partial charge in [-0.3, -0.25) is 4.90 Å². The van der Waals surface area contributed by atoms with E-state index in [1.807, 2.05) is 0 Å². The lowest BCUT2D eigenvalue weighted by atomic mass is 10.2. The van der Waals surface area contributed by atoms with E-state index in [-0.39, 0.29) is 0 Å². The number of hydrogen-bond donors (Lipinski definition) is 2. The molecule has 2 rings (SSSR count). The second kappa shape index (κ2) is 6.71. The molecule has 0 bridgehead atoms. The van der Waals surface area contributed by atoms with Crippen LogP contribution in [0.25, 0.3) is 11.2 Å². The van der Waals surface area contributed by atoms with Crippen molar-refractivity contribution >= 4 is 17.1 Å². The topological polar surface area (TPSA) is 79.0 Å². The van der Waals surface area contributed by atoms with Crippen molar-refractivity contribution < 1.29 is 4.74 Å². The van der Waals surface area contributed by atoms with Gasteiger partial charge in [0.15, 0.2) is 5.65 Å². The van der Waals surface area contributed by atoms with Gasteiger partial charge < -0.3 is 15.0 Å². The molecular weight excluding hydrogens is 268 g/mol. The number of aromatic amines is 1. The molecule has 2 aromatic rings. The lowest BCUT2D eigenvalue weighted by molar-refractivity contribution is 0.140. The number of rotatable bonds is 7. The van der Waals surface area contributed by atoms with Crippen molar-refractivity contribution in [3.63, 3.8) is 0 Å². The Balaban J connectivity index is 2.07. The first kappa shape index (κ1) is 15.5. The van der Waals surface area contributed by atoms with Gasteiger partial charge in [-0.2, -0.15) is 9.97 Å². The third-order valence-electron chi connectivity index (χ3n) is 3.39. The molecule has 0 aromatic carbocycles.